The number of halogens is 1. The van der Waals surface area contributed by atoms with Crippen LogP contribution < -0.4 is 0 Å². The predicted molar refractivity (Wildman–Crippen MR) is 46.1 cm³/mol. The number of hydrogen-bond donors (Lipinski definition) is 1. The van der Waals surface area contributed by atoms with Gasteiger partial charge in [-0.1, -0.05) is 11.6 Å². The minimum Gasteiger partial charge on any atom is -0.390 e. The van der Waals surface area contributed by atoms with E-state index in [1.54, 1.807) is 22.9 Å². The zero-order valence-corrected chi connectivity index (χ0v) is 6.99. The SMILES string of the molecule is OCc1c(Cl)ccc2nccn12. The van der Waals surface area contributed by atoms with Crippen LogP contribution in [0.1, 0.15) is 5.69 Å². The Morgan fingerprint density at radius 2 is 2.33 bits per heavy atom. The van der Waals surface area contributed by atoms with E-state index in [-0.39, 0.29) is 6.61 Å². The smallest absolute Gasteiger partial charge is 0.137 e. The molecule has 0 amide bonds. The van der Waals surface area contributed by atoms with Gasteiger partial charge in [-0.15, -0.1) is 0 Å². The number of pyridine rings is 1. The first-order valence-electron chi connectivity index (χ1n) is 3.54. The Labute approximate surface area is 74.2 Å². The quantitative estimate of drug-likeness (QED) is 0.726. The zero-order valence-electron chi connectivity index (χ0n) is 6.24. The standard InChI is InChI=1S/C8H7ClN2O/c9-6-1-2-8-10-3-4-11(8)7(6)5-12/h1-4,12H,5H2. The molecule has 0 spiro atoms. The molecular formula is C8H7ClN2O. The Hall–Kier alpha value is -1.06. The Kier molecular flexibility index (Phi) is 1.75. The fourth-order valence-electron chi connectivity index (χ4n) is 1.18. The third kappa shape index (κ3) is 0.983. The molecule has 3 nitrogen and oxygen atoms in total. The first-order chi connectivity index (χ1) is 5.83. The molecule has 0 radical (unpaired) electrons. The van der Waals surface area contributed by atoms with E-state index in [0.29, 0.717) is 10.7 Å². The molecule has 0 aliphatic heterocycles. The van der Waals surface area contributed by atoms with Crippen LogP contribution in [0.15, 0.2) is 24.5 Å². The van der Waals surface area contributed by atoms with Gasteiger partial charge < -0.3 is 9.51 Å². The van der Waals surface area contributed by atoms with Crippen molar-refractivity contribution >= 4 is 17.2 Å². The van der Waals surface area contributed by atoms with Gasteiger partial charge in [0.05, 0.1) is 17.3 Å². The molecule has 0 aliphatic carbocycles. The lowest BCUT2D eigenvalue weighted by atomic mass is 10.3. The van der Waals surface area contributed by atoms with Gasteiger partial charge in [0, 0.05) is 12.4 Å². The summed E-state index contributed by atoms with van der Waals surface area (Å²) < 4.78 is 1.77. The Morgan fingerprint density at radius 1 is 1.50 bits per heavy atom. The number of fused-ring (bicyclic) bond motifs is 1. The van der Waals surface area contributed by atoms with Crippen molar-refractivity contribution in [2.45, 2.75) is 6.61 Å². The maximum absolute atomic E-state index is 9.00. The molecule has 0 bridgehead atoms. The van der Waals surface area contributed by atoms with Crippen molar-refractivity contribution in [3.05, 3.63) is 35.2 Å². The lowest BCUT2D eigenvalue weighted by Crippen LogP contribution is -1.96. The molecule has 0 atom stereocenters. The van der Waals surface area contributed by atoms with E-state index in [9.17, 15) is 0 Å². The maximum atomic E-state index is 9.00. The van der Waals surface area contributed by atoms with Crippen molar-refractivity contribution in [1.82, 2.24) is 9.38 Å². The summed E-state index contributed by atoms with van der Waals surface area (Å²) in [4.78, 5) is 4.06. The van der Waals surface area contributed by atoms with Crippen LogP contribution in [-0.2, 0) is 6.61 Å². The summed E-state index contributed by atoms with van der Waals surface area (Å²) in [5.41, 5.74) is 1.47. The second-order valence-electron chi connectivity index (χ2n) is 2.44. The lowest BCUT2D eigenvalue weighted by molar-refractivity contribution is 0.275. The number of aliphatic hydroxyl groups is 1. The Bertz CT molecular complexity index is 410. The number of imidazole rings is 1. The summed E-state index contributed by atoms with van der Waals surface area (Å²) in [5, 5.41) is 9.56. The number of rotatable bonds is 1. The molecule has 0 aromatic carbocycles. The molecule has 0 unspecified atom stereocenters. The van der Waals surface area contributed by atoms with Gasteiger partial charge in [0.15, 0.2) is 0 Å². The van der Waals surface area contributed by atoms with Crippen molar-refractivity contribution in [3.63, 3.8) is 0 Å². The van der Waals surface area contributed by atoms with Crippen LogP contribution in [0.25, 0.3) is 5.65 Å². The Balaban J connectivity index is 2.83. The van der Waals surface area contributed by atoms with Crippen LogP contribution >= 0.6 is 11.6 Å². The lowest BCUT2D eigenvalue weighted by Gasteiger charge is -2.03. The van der Waals surface area contributed by atoms with Gasteiger partial charge in [0.25, 0.3) is 0 Å². The third-order valence-corrected chi connectivity index (χ3v) is 2.11. The van der Waals surface area contributed by atoms with Crippen molar-refractivity contribution < 1.29 is 5.11 Å². The van der Waals surface area contributed by atoms with E-state index in [0.717, 1.165) is 5.65 Å². The van der Waals surface area contributed by atoms with Crippen LogP contribution in [0.3, 0.4) is 0 Å². The van der Waals surface area contributed by atoms with E-state index >= 15 is 0 Å². The molecule has 2 rings (SSSR count). The zero-order chi connectivity index (χ0) is 8.55. The fourth-order valence-corrected chi connectivity index (χ4v) is 1.39. The fraction of sp³-hybridized carbons (Fsp3) is 0.125. The van der Waals surface area contributed by atoms with Crippen LogP contribution in [0.5, 0.6) is 0 Å². The molecule has 12 heavy (non-hydrogen) atoms. The highest BCUT2D eigenvalue weighted by Gasteiger charge is 2.03. The summed E-state index contributed by atoms with van der Waals surface area (Å²) in [6, 6.07) is 3.54. The van der Waals surface area contributed by atoms with Crippen molar-refractivity contribution in [2.75, 3.05) is 0 Å². The average molecular weight is 183 g/mol. The van der Waals surface area contributed by atoms with Crippen molar-refractivity contribution in [3.8, 4) is 0 Å². The highest BCUT2D eigenvalue weighted by Crippen LogP contribution is 2.17. The largest absolute Gasteiger partial charge is 0.390 e. The molecule has 1 N–H and O–H groups in total. The molecule has 0 fully saturated rings. The molecule has 2 heterocycles. The van der Waals surface area contributed by atoms with E-state index in [2.05, 4.69) is 4.98 Å². The monoisotopic (exact) mass is 182 g/mol. The van der Waals surface area contributed by atoms with Crippen LogP contribution in [0.2, 0.25) is 5.02 Å². The van der Waals surface area contributed by atoms with Crippen LogP contribution in [0, 0.1) is 0 Å². The summed E-state index contributed by atoms with van der Waals surface area (Å²) in [6.07, 6.45) is 3.44. The van der Waals surface area contributed by atoms with Gasteiger partial charge in [-0.05, 0) is 12.1 Å². The highest BCUT2D eigenvalue weighted by molar-refractivity contribution is 6.31. The minimum absolute atomic E-state index is 0.0769. The van der Waals surface area contributed by atoms with Gasteiger partial charge >= 0.3 is 0 Å². The van der Waals surface area contributed by atoms with E-state index in [1.165, 1.54) is 0 Å². The molecule has 2 aromatic rings. The first-order valence-corrected chi connectivity index (χ1v) is 3.92. The Morgan fingerprint density at radius 3 is 3.08 bits per heavy atom. The minimum atomic E-state index is -0.0769. The predicted octanol–water partition coefficient (Wildman–Crippen LogP) is 1.48. The van der Waals surface area contributed by atoms with Gasteiger partial charge in [-0.25, -0.2) is 4.98 Å². The van der Waals surface area contributed by atoms with E-state index in [1.807, 2.05) is 6.07 Å². The van der Waals surface area contributed by atoms with Gasteiger partial charge in [0.2, 0.25) is 0 Å². The molecule has 4 heteroatoms. The van der Waals surface area contributed by atoms with Crippen LogP contribution in [-0.4, -0.2) is 14.5 Å². The summed E-state index contributed by atoms with van der Waals surface area (Å²) in [7, 11) is 0. The second kappa shape index (κ2) is 2.77. The van der Waals surface area contributed by atoms with Gasteiger partial charge in [-0.3, -0.25) is 0 Å². The third-order valence-electron chi connectivity index (χ3n) is 1.76. The number of aliphatic hydroxyl groups excluding tert-OH is 1. The molecule has 2 aromatic heterocycles. The topological polar surface area (TPSA) is 37.5 Å². The average Bonchev–Trinajstić information content (AvgIpc) is 2.52. The molecule has 0 aliphatic rings. The number of aromatic nitrogens is 2. The molecular weight excluding hydrogens is 176 g/mol. The van der Waals surface area contributed by atoms with Gasteiger partial charge in [-0.2, -0.15) is 0 Å². The second-order valence-corrected chi connectivity index (χ2v) is 2.85. The van der Waals surface area contributed by atoms with Crippen molar-refractivity contribution in [2.24, 2.45) is 0 Å². The number of hydrogen-bond acceptors (Lipinski definition) is 2. The first kappa shape index (κ1) is 7.58. The summed E-state index contributed by atoms with van der Waals surface area (Å²) in [5.74, 6) is 0. The highest BCUT2D eigenvalue weighted by atomic mass is 35.5. The van der Waals surface area contributed by atoms with Gasteiger partial charge in [0.1, 0.15) is 5.65 Å². The normalized spacial score (nSPS) is 10.8. The number of nitrogens with zero attached hydrogens (tertiary/aromatic N) is 2. The van der Waals surface area contributed by atoms with E-state index in [4.69, 9.17) is 16.7 Å². The summed E-state index contributed by atoms with van der Waals surface area (Å²) >= 11 is 5.85. The molecule has 62 valence electrons. The van der Waals surface area contributed by atoms with E-state index < -0.39 is 0 Å². The van der Waals surface area contributed by atoms with Crippen molar-refractivity contribution in [1.29, 1.82) is 0 Å². The van der Waals surface area contributed by atoms with Crippen LogP contribution in [0.4, 0.5) is 0 Å². The molecule has 0 saturated carbocycles. The summed E-state index contributed by atoms with van der Waals surface area (Å²) in [6.45, 7) is -0.0769. The molecule has 0 saturated heterocycles. The maximum Gasteiger partial charge on any atom is 0.137 e.